The van der Waals surface area contributed by atoms with Crippen LogP contribution in [0.2, 0.25) is 0 Å². The predicted octanol–water partition coefficient (Wildman–Crippen LogP) is 6.25. The van der Waals surface area contributed by atoms with E-state index >= 15 is 0 Å². The molecule has 4 rings (SSSR count). The van der Waals surface area contributed by atoms with Crippen molar-refractivity contribution >= 4 is 5.97 Å². The van der Waals surface area contributed by atoms with E-state index in [-0.39, 0.29) is 10.2 Å². The Labute approximate surface area is 224 Å². The molecule has 3 aromatic rings. The number of aliphatic carboxylic acids is 1. The number of carboxylic acids is 1. The molecule has 3 aromatic carbocycles. The Morgan fingerprint density at radius 2 is 1.41 bits per heavy atom. The second kappa shape index (κ2) is 11.6. The van der Waals surface area contributed by atoms with Crippen LogP contribution >= 0.6 is 0 Å². The SMILES string of the molecule is CC(C)(C(=O)O)c1ccc(C(O)CCCN2CCC(C(O)(c3ccccc3)c3ccccc3)CC2)cc1.[HH].[HH].[HH]. The molecule has 5 heteroatoms. The summed E-state index contributed by atoms with van der Waals surface area (Å²) in [5.41, 5.74) is 1.47. The van der Waals surface area contributed by atoms with Gasteiger partial charge in [0.15, 0.2) is 0 Å². The lowest BCUT2D eigenvalue weighted by molar-refractivity contribution is -0.142. The van der Waals surface area contributed by atoms with Crippen LogP contribution < -0.4 is 0 Å². The summed E-state index contributed by atoms with van der Waals surface area (Å²) in [4.78, 5) is 13.9. The first-order valence-electron chi connectivity index (χ1n) is 13.3. The minimum absolute atomic E-state index is 0. The van der Waals surface area contributed by atoms with E-state index in [2.05, 4.69) is 4.90 Å². The monoisotopic (exact) mass is 507 g/mol. The molecule has 1 aliphatic rings. The van der Waals surface area contributed by atoms with Gasteiger partial charge in [-0.3, -0.25) is 4.79 Å². The number of hydrogen-bond donors (Lipinski definition) is 3. The van der Waals surface area contributed by atoms with E-state index in [0.29, 0.717) is 6.42 Å². The van der Waals surface area contributed by atoms with Gasteiger partial charge in [0.2, 0.25) is 0 Å². The normalized spacial score (nSPS) is 16.4. The summed E-state index contributed by atoms with van der Waals surface area (Å²) < 4.78 is 0. The summed E-state index contributed by atoms with van der Waals surface area (Å²) in [6, 6.07) is 27.3. The van der Waals surface area contributed by atoms with Gasteiger partial charge in [0, 0.05) is 4.28 Å². The van der Waals surface area contributed by atoms with E-state index < -0.39 is 23.1 Å². The fourth-order valence-corrected chi connectivity index (χ4v) is 5.52. The third-order valence-corrected chi connectivity index (χ3v) is 8.11. The molecule has 37 heavy (non-hydrogen) atoms. The van der Waals surface area contributed by atoms with Crippen molar-refractivity contribution in [3.63, 3.8) is 0 Å². The zero-order chi connectivity index (χ0) is 26.5. The zero-order valence-corrected chi connectivity index (χ0v) is 21.9. The molecule has 0 aromatic heterocycles. The van der Waals surface area contributed by atoms with Gasteiger partial charge in [-0.05, 0) is 87.3 Å². The summed E-state index contributed by atoms with van der Waals surface area (Å²) in [5.74, 6) is -0.733. The highest BCUT2D eigenvalue weighted by molar-refractivity contribution is 5.80. The number of nitrogens with zero attached hydrogens (tertiary/aromatic N) is 1. The van der Waals surface area contributed by atoms with Crippen molar-refractivity contribution < 1.29 is 24.4 Å². The second-order valence-corrected chi connectivity index (χ2v) is 10.8. The van der Waals surface area contributed by atoms with Crippen LogP contribution in [0.4, 0.5) is 0 Å². The number of benzene rings is 3. The number of piperidine rings is 1. The first-order chi connectivity index (χ1) is 17.7. The molecule has 0 aliphatic carbocycles. The van der Waals surface area contributed by atoms with Gasteiger partial charge in [-0.15, -0.1) is 0 Å². The van der Waals surface area contributed by atoms with E-state index in [9.17, 15) is 20.1 Å². The van der Waals surface area contributed by atoms with Crippen LogP contribution in [0.25, 0.3) is 0 Å². The summed E-state index contributed by atoms with van der Waals surface area (Å²) >= 11 is 0. The minimum Gasteiger partial charge on any atom is -0.481 e. The van der Waals surface area contributed by atoms with Crippen molar-refractivity contribution in [2.24, 2.45) is 5.92 Å². The van der Waals surface area contributed by atoms with Crippen LogP contribution in [0, 0.1) is 5.92 Å². The lowest BCUT2D eigenvalue weighted by Gasteiger charge is -2.42. The fraction of sp³-hybridized carbons (Fsp3) is 0.406. The van der Waals surface area contributed by atoms with Crippen molar-refractivity contribution in [1.82, 2.24) is 4.90 Å². The van der Waals surface area contributed by atoms with E-state index in [1.54, 1.807) is 26.0 Å². The van der Waals surface area contributed by atoms with Crippen LogP contribution in [0.15, 0.2) is 84.9 Å². The van der Waals surface area contributed by atoms with Gasteiger partial charge in [0.05, 0.1) is 11.5 Å². The van der Waals surface area contributed by atoms with Crippen LogP contribution in [0.1, 0.15) is 72.2 Å². The summed E-state index contributed by atoms with van der Waals surface area (Å²) in [7, 11) is 0. The van der Waals surface area contributed by atoms with Crippen molar-refractivity contribution in [2.75, 3.05) is 19.6 Å². The standard InChI is InChI=1S/C32H39NO4.3H2/c1-31(2,30(35)36)25-17-15-24(16-18-25)29(34)14-9-21-33-22-19-28(20-23-33)32(37,26-10-5-3-6-11-26)27-12-7-4-8-13-27;;;/h3-8,10-13,15-18,28-29,34,37H,9,14,19-23H2,1-2H3,(H,35,36);3*1H. The summed E-state index contributed by atoms with van der Waals surface area (Å²) in [6.07, 6.45) is 2.77. The number of rotatable bonds is 10. The molecule has 1 fully saturated rings. The lowest BCUT2D eigenvalue weighted by Crippen LogP contribution is -2.44. The van der Waals surface area contributed by atoms with Crippen molar-refractivity contribution in [3.05, 3.63) is 107 Å². The fourth-order valence-electron chi connectivity index (χ4n) is 5.52. The molecule has 0 spiro atoms. The van der Waals surface area contributed by atoms with Gasteiger partial charge in [0.1, 0.15) is 5.60 Å². The third kappa shape index (κ3) is 5.96. The van der Waals surface area contributed by atoms with Gasteiger partial charge in [-0.2, -0.15) is 0 Å². The predicted molar refractivity (Wildman–Crippen MR) is 153 cm³/mol. The molecule has 1 heterocycles. The van der Waals surface area contributed by atoms with Crippen LogP contribution in [-0.4, -0.2) is 45.8 Å². The first kappa shape index (κ1) is 27.1. The molecule has 1 saturated heterocycles. The highest BCUT2D eigenvalue weighted by atomic mass is 16.4. The Morgan fingerprint density at radius 1 is 0.892 bits per heavy atom. The van der Waals surface area contributed by atoms with Crippen molar-refractivity contribution in [1.29, 1.82) is 0 Å². The Morgan fingerprint density at radius 3 is 1.89 bits per heavy atom. The maximum absolute atomic E-state index is 12.1. The number of likely N-dealkylation sites (tertiary alicyclic amines) is 1. The van der Waals surface area contributed by atoms with E-state index in [4.69, 9.17) is 0 Å². The number of carbonyl (C=O) groups is 1. The minimum atomic E-state index is -1.01. The van der Waals surface area contributed by atoms with Crippen molar-refractivity contribution in [3.8, 4) is 0 Å². The second-order valence-electron chi connectivity index (χ2n) is 10.8. The van der Waals surface area contributed by atoms with Crippen LogP contribution in [-0.2, 0) is 15.8 Å². The molecule has 0 bridgehead atoms. The Bertz CT molecular complexity index is 1110. The smallest absolute Gasteiger partial charge is 0.313 e. The molecule has 1 unspecified atom stereocenters. The third-order valence-electron chi connectivity index (χ3n) is 8.11. The van der Waals surface area contributed by atoms with Crippen molar-refractivity contribution in [2.45, 2.75) is 56.7 Å². The van der Waals surface area contributed by atoms with Gasteiger partial charge in [-0.25, -0.2) is 0 Å². The van der Waals surface area contributed by atoms with Gasteiger partial charge < -0.3 is 20.2 Å². The molecular formula is C32H45NO4. The maximum atomic E-state index is 12.1. The van der Waals surface area contributed by atoms with Gasteiger partial charge in [-0.1, -0.05) is 84.9 Å². The van der Waals surface area contributed by atoms with Crippen LogP contribution in [0.3, 0.4) is 0 Å². The Balaban J connectivity index is 0.00000267. The van der Waals surface area contributed by atoms with Gasteiger partial charge >= 0.3 is 5.97 Å². The largest absolute Gasteiger partial charge is 0.481 e. The number of aliphatic hydroxyl groups excluding tert-OH is 1. The van der Waals surface area contributed by atoms with E-state index in [1.165, 1.54) is 0 Å². The molecule has 0 radical (unpaired) electrons. The van der Waals surface area contributed by atoms with Gasteiger partial charge in [0.25, 0.3) is 0 Å². The molecule has 0 amide bonds. The topological polar surface area (TPSA) is 81.0 Å². The summed E-state index contributed by atoms with van der Waals surface area (Å²) in [5, 5.41) is 32.2. The van der Waals surface area contributed by atoms with Crippen LogP contribution in [0.5, 0.6) is 0 Å². The molecule has 202 valence electrons. The number of carboxylic acid groups (broad SMARTS) is 1. The first-order valence-corrected chi connectivity index (χ1v) is 13.3. The summed E-state index contributed by atoms with van der Waals surface area (Å²) in [6.45, 7) is 6.11. The quantitative estimate of drug-likeness (QED) is 0.302. The molecular weight excluding hydrogens is 462 g/mol. The zero-order valence-electron chi connectivity index (χ0n) is 21.9. The molecule has 1 aliphatic heterocycles. The Kier molecular flexibility index (Phi) is 8.48. The average Bonchev–Trinajstić information content (AvgIpc) is 2.94. The maximum Gasteiger partial charge on any atom is 0.313 e. The molecule has 1 atom stereocenters. The average molecular weight is 508 g/mol. The number of hydrogen-bond acceptors (Lipinski definition) is 4. The molecule has 3 N–H and O–H groups in total. The van der Waals surface area contributed by atoms with E-state index in [1.807, 2.05) is 72.8 Å². The highest BCUT2D eigenvalue weighted by Crippen LogP contribution is 2.42. The number of aliphatic hydroxyl groups is 2. The van der Waals surface area contributed by atoms with E-state index in [0.717, 1.165) is 61.2 Å². The molecule has 0 saturated carbocycles. The Hall–Kier alpha value is -2.99. The molecule has 5 nitrogen and oxygen atoms in total. The lowest BCUT2D eigenvalue weighted by atomic mass is 9.72. The highest BCUT2D eigenvalue weighted by Gasteiger charge is 2.41.